The van der Waals surface area contributed by atoms with Gasteiger partial charge in [0.2, 0.25) is 0 Å². The molecule has 1 N–H and O–H groups in total. The number of carboxylic acids is 1. The summed E-state index contributed by atoms with van der Waals surface area (Å²) in [5, 5.41) is 9.02. The van der Waals surface area contributed by atoms with Gasteiger partial charge in [-0.2, -0.15) is 0 Å². The number of aromatic carboxylic acids is 1. The quantitative estimate of drug-likeness (QED) is 0.906. The van der Waals surface area contributed by atoms with E-state index in [1.165, 1.54) is 12.8 Å². The van der Waals surface area contributed by atoms with Crippen LogP contribution in [0.2, 0.25) is 0 Å². The fourth-order valence-electron chi connectivity index (χ4n) is 2.62. The van der Waals surface area contributed by atoms with Crippen molar-refractivity contribution >= 4 is 17.0 Å². The van der Waals surface area contributed by atoms with Crippen LogP contribution in [0.5, 0.6) is 0 Å². The van der Waals surface area contributed by atoms with Crippen LogP contribution in [0.4, 0.5) is 0 Å². The normalized spacial score (nSPS) is 15.2. The summed E-state index contributed by atoms with van der Waals surface area (Å²) < 4.78 is 2.17. The van der Waals surface area contributed by atoms with Crippen LogP contribution in [-0.4, -0.2) is 45.2 Å². The van der Waals surface area contributed by atoms with Gasteiger partial charge in [-0.05, 0) is 45.0 Å². The molecule has 0 amide bonds. The molecule has 1 saturated carbocycles. The predicted octanol–water partition coefficient (Wildman–Crippen LogP) is 2.14. The summed E-state index contributed by atoms with van der Waals surface area (Å²) in [6, 6.07) is 5.90. The minimum Gasteiger partial charge on any atom is -0.478 e. The molecule has 5 nitrogen and oxygen atoms in total. The number of carboxylic acid groups (broad SMARTS) is 1. The number of imidazole rings is 1. The van der Waals surface area contributed by atoms with Crippen LogP contribution in [0, 0.1) is 6.92 Å². The lowest BCUT2D eigenvalue weighted by atomic mass is 10.2. The van der Waals surface area contributed by atoms with Gasteiger partial charge in [0.1, 0.15) is 5.82 Å². The fourth-order valence-corrected chi connectivity index (χ4v) is 2.62. The van der Waals surface area contributed by atoms with Gasteiger partial charge in [-0.3, -0.25) is 0 Å². The molecule has 1 aliphatic rings. The lowest BCUT2D eigenvalue weighted by molar-refractivity contribution is 0.0697. The number of nitrogens with zero attached hydrogens (tertiary/aromatic N) is 3. The Balaban J connectivity index is 1.86. The summed E-state index contributed by atoms with van der Waals surface area (Å²) >= 11 is 0. The van der Waals surface area contributed by atoms with Gasteiger partial charge in [-0.1, -0.05) is 0 Å². The number of likely N-dealkylation sites (N-methyl/N-ethyl adjacent to an activating group) is 1. The molecule has 3 rings (SSSR count). The number of benzene rings is 1. The second-order valence-electron chi connectivity index (χ2n) is 5.53. The number of rotatable bonds is 5. The van der Waals surface area contributed by atoms with E-state index < -0.39 is 5.97 Å². The van der Waals surface area contributed by atoms with Gasteiger partial charge in [0.15, 0.2) is 0 Å². The largest absolute Gasteiger partial charge is 0.478 e. The highest BCUT2D eigenvalue weighted by atomic mass is 16.4. The lowest BCUT2D eigenvalue weighted by Gasteiger charge is -2.16. The topological polar surface area (TPSA) is 58.4 Å². The smallest absolute Gasteiger partial charge is 0.335 e. The van der Waals surface area contributed by atoms with E-state index in [0.717, 1.165) is 36.0 Å². The number of fused-ring (bicyclic) bond motifs is 1. The van der Waals surface area contributed by atoms with Gasteiger partial charge >= 0.3 is 5.97 Å². The van der Waals surface area contributed by atoms with Crippen LogP contribution in [0.25, 0.3) is 11.0 Å². The molecule has 0 bridgehead atoms. The molecule has 1 aromatic carbocycles. The van der Waals surface area contributed by atoms with E-state index in [4.69, 9.17) is 5.11 Å². The third kappa shape index (κ3) is 2.41. The summed E-state index contributed by atoms with van der Waals surface area (Å²) in [4.78, 5) is 17.9. The van der Waals surface area contributed by atoms with Crippen molar-refractivity contribution in [2.45, 2.75) is 32.4 Å². The Bertz CT molecular complexity index is 658. The molecule has 0 atom stereocenters. The zero-order valence-corrected chi connectivity index (χ0v) is 11.8. The van der Waals surface area contributed by atoms with Gasteiger partial charge in [0.25, 0.3) is 0 Å². The Morgan fingerprint density at radius 1 is 1.50 bits per heavy atom. The van der Waals surface area contributed by atoms with Gasteiger partial charge in [-0.15, -0.1) is 0 Å². The Hall–Kier alpha value is -1.88. The maximum absolute atomic E-state index is 11.0. The highest BCUT2D eigenvalue weighted by Gasteiger charge is 2.25. The minimum atomic E-state index is -0.910. The molecule has 0 spiro atoms. The molecule has 0 unspecified atom stereocenters. The first-order valence-corrected chi connectivity index (χ1v) is 6.96. The summed E-state index contributed by atoms with van der Waals surface area (Å²) in [5.41, 5.74) is 2.06. The van der Waals surface area contributed by atoms with Crippen molar-refractivity contribution in [1.29, 1.82) is 0 Å². The first-order chi connectivity index (χ1) is 9.56. The second-order valence-corrected chi connectivity index (χ2v) is 5.53. The first kappa shape index (κ1) is 13.1. The van der Waals surface area contributed by atoms with Gasteiger partial charge in [-0.25, -0.2) is 9.78 Å². The van der Waals surface area contributed by atoms with Gasteiger partial charge < -0.3 is 14.6 Å². The number of aryl methyl sites for hydroxylation is 1. The van der Waals surface area contributed by atoms with Crippen LogP contribution in [0.3, 0.4) is 0 Å². The molecule has 20 heavy (non-hydrogen) atoms. The Labute approximate surface area is 117 Å². The monoisotopic (exact) mass is 273 g/mol. The van der Waals surface area contributed by atoms with Crippen molar-refractivity contribution in [3.8, 4) is 0 Å². The van der Waals surface area contributed by atoms with E-state index in [-0.39, 0.29) is 5.56 Å². The molecule has 0 radical (unpaired) electrons. The van der Waals surface area contributed by atoms with E-state index >= 15 is 0 Å². The Morgan fingerprint density at radius 2 is 2.25 bits per heavy atom. The van der Waals surface area contributed by atoms with Gasteiger partial charge in [0, 0.05) is 19.1 Å². The SMILES string of the molecule is Cc1nc2cc(C(=O)O)ccc2n1CCN(C)C1CC1. The Morgan fingerprint density at radius 3 is 2.90 bits per heavy atom. The minimum absolute atomic E-state index is 0.289. The van der Waals surface area contributed by atoms with Gasteiger partial charge in [0.05, 0.1) is 16.6 Å². The standard InChI is InChI=1S/C15H19N3O2/c1-10-16-13-9-11(15(19)20)3-6-14(13)18(10)8-7-17(2)12-4-5-12/h3,6,9,12H,4-5,7-8H2,1-2H3,(H,19,20). The van der Waals surface area contributed by atoms with Crippen molar-refractivity contribution in [3.63, 3.8) is 0 Å². The Kier molecular flexibility index (Phi) is 3.22. The van der Waals surface area contributed by atoms with E-state index in [0.29, 0.717) is 0 Å². The van der Waals surface area contributed by atoms with Crippen LogP contribution in [-0.2, 0) is 6.54 Å². The zero-order valence-electron chi connectivity index (χ0n) is 11.8. The predicted molar refractivity (Wildman–Crippen MR) is 77.1 cm³/mol. The maximum Gasteiger partial charge on any atom is 0.335 e. The summed E-state index contributed by atoms with van der Waals surface area (Å²) in [5.74, 6) is 0.0271. The van der Waals surface area contributed by atoms with E-state index in [2.05, 4.69) is 21.5 Å². The molecule has 106 valence electrons. The van der Waals surface area contributed by atoms with E-state index in [9.17, 15) is 4.79 Å². The number of hydrogen-bond acceptors (Lipinski definition) is 3. The van der Waals surface area contributed by atoms with Crippen molar-refractivity contribution < 1.29 is 9.90 Å². The third-order valence-corrected chi connectivity index (χ3v) is 4.03. The summed E-state index contributed by atoms with van der Waals surface area (Å²) in [6.45, 7) is 3.86. The molecule has 1 aliphatic carbocycles. The number of carbonyl (C=O) groups is 1. The molecule has 0 aliphatic heterocycles. The number of aromatic nitrogens is 2. The fraction of sp³-hybridized carbons (Fsp3) is 0.467. The zero-order chi connectivity index (χ0) is 14.3. The lowest BCUT2D eigenvalue weighted by Crippen LogP contribution is -2.25. The highest BCUT2D eigenvalue weighted by Crippen LogP contribution is 2.25. The summed E-state index contributed by atoms with van der Waals surface area (Å²) in [6.07, 6.45) is 2.62. The van der Waals surface area contributed by atoms with Crippen molar-refractivity contribution in [3.05, 3.63) is 29.6 Å². The first-order valence-electron chi connectivity index (χ1n) is 6.96. The highest BCUT2D eigenvalue weighted by molar-refractivity contribution is 5.92. The van der Waals surface area contributed by atoms with Crippen molar-refractivity contribution in [1.82, 2.24) is 14.5 Å². The van der Waals surface area contributed by atoms with Crippen molar-refractivity contribution in [2.24, 2.45) is 0 Å². The van der Waals surface area contributed by atoms with Crippen LogP contribution in [0.15, 0.2) is 18.2 Å². The average Bonchev–Trinajstić information content (AvgIpc) is 3.20. The van der Waals surface area contributed by atoms with Crippen LogP contribution < -0.4 is 0 Å². The molecule has 1 aromatic heterocycles. The molecule has 5 heteroatoms. The molecule has 0 saturated heterocycles. The van der Waals surface area contributed by atoms with E-state index in [1.807, 2.05) is 13.0 Å². The molecule has 1 heterocycles. The molecule has 2 aromatic rings. The average molecular weight is 273 g/mol. The number of hydrogen-bond donors (Lipinski definition) is 1. The molecular weight excluding hydrogens is 254 g/mol. The summed E-state index contributed by atoms with van der Waals surface area (Å²) in [7, 11) is 2.16. The molecular formula is C15H19N3O2. The molecule has 1 fully saturated rings. The third-order valence-electron chi connectivity index (χ3n) is 4.03. The second kappa shape index (κ2) is 4.90. The van der Waals surface area contributed by atoms with Crippen molar-refractivity contribution in [2.75, 3.05) is 13.6 Å². The van der Waals surface area contributed by atoms with E-state index in [1.54, 1.807) is 12.1 Å². The van der Waals surface area contributed by atoms with Crippen LogP contribution in [0.1, 0.15) is 29.0 Å². The maximum atomic E-state index is 11.0. The van der Waals surface area contributed by atoms with Crippen LogP contribution >= 0.6 is 0 Å².